The van der Waals surface area contributed by atoms with Crippen molar-refractivity contribution in [3.05, 3.63) is 57.8 Å². The van der Waals surface area contributed by atoms with Crippen molar-refractivity contribution in [2.75, 3.05) is 6.61 Å². The number of hydrogen-bond donors (Lipinski definition) is 0. The Balaban J connectivity index is 1.69. The second-order valence-electron chi connectivity index (χ2n) is 5.33. The lowest BCUT2D eigenvalue weighted by Crippen LogP contribution is -2.18. The van der Waals surface area contributed by atoms with Crippen molar-refractivity contribution >= 4 is 29.5 Å². The smallest absolute Gasteiger partial charge is 0.338 e. The van der Waals surface area contributed by atoms with Gasteiger partial charge in [0, 0.05) is 4.88 Å². The predicted molar refractivity (Wildman–Crippen MR) is 88.5 cm³/mol. The summed E-state index contributed by atoms with van der Waals surface area (Å²) in [6.07, 6.45) is 3.69. The molecule has 3 rings (SSSR count). The van der Waals surface area contributed by atoms with E-state index in [4.69, 9.17) is 9.47 Å². The molecular formula is C18H18O3S. The number of hydrogen-bond acceptors (Lipinski definition) is 4. The summed E-state index contributed by atoms with van der Waals surface area (Å²) >= 11 is 1.71. The molecule has 2 aromatic rings. The summed E-state index contributed by atoms with van der Waals surface area (Å²) in [6.45, 7) is 4.10. The lowest BCUT2D eigenvalue weighted by atomic mass is 9.96. The monoisotopic (exact) mass is 314 g/mol. The van der Waals surface area contributed by atoms with Crippen molar-refractivity contribution in [3.8, 4) is 0 Å². The second-order valence-corrected chi connectivity index (χ2v) is 6.31. The van der Waals surface area contributed by atoms with Crippen LogP contribution in [0.4, 0.5) is 0 Å². The molecule has 1 fully saturated rings. The minimum atomic E-state index is -0.553. The maximum absolute atomic E-state index is 11.7. The van der Waals surface area contributed by atoms with Crippen molar-refractivity contribution in [2.24, 2.45) is 0 Å². The average Bonchev–Trinajstić information content (AvgIpc) is 2.97. The first-order chi connectivity index (χ1) is 10.6. The molecule has 1 saturated heterocycles. The van der Waals surface area contributed by atoms with Crippen molar-refractivity contribution in [2.45, 2.75) is 25.6 Å². The molecule has 22 heavy (non-hydrogen) atoms. The van der Waals surface area contributed by atoms with Crippen LogP contribution in [-0.2, 0) is 19.9 Å². The molecular weight excluding hydrogens is 296 g/mol. The summed E-state index contributed by atoms with van der Waals surface area (Å²) in [5.74, 6) is -0.285. The van der Waals surface area contributed by atoms with Crippen LogP contribution in [0.15, 0.2) is 41.8 Å². The van der Waals surface area contributed by atoms with Gasteiger partial charge in [-0.15, -0.1) is 11.3 Å². The molecule has 4 heteroatoms. The second kappa shape index (κ2) is 6.07. The molecule has 0 N–H and O–H groups in total. The van der Waals surface area contributed by atoms with E-state index < -0.39 is 11.7 Å². The van der Waals surface area contributed by atoms with Crippen LogP contribution < -0.4 is 0 Å². The fourth-order valence-electron chi connectivity index (χ4n) is 2.41. The summed E-state index contributed by atoms with van der Waals surface area (Å²) in [5, 5.41) is 2.06. The molecule has 1 aromatic heterocycles. The highest BCUT2D eigenvalue weighted by atomic mass is 32.1. The zero-order valence-corrected chi connectivity index (χ0v) is 13.4. The molecule has 1 aliphatic rings. The molecule has 2 unspecified atom stereocenters. The SMILES string of the molecule is CCOC(=O)C1OC1(C)c1ccc(C=Cc2cccs2)cc1. The largest absolute Gasteiger partial charge is 0.464 e. The van der Waals surface area contributed by atoms with E-state index in [0.29, 0.717) is 6.61 Å². The lowest BCUT2D eigenvalue weighted by molar-refractivity contribution is -0.144. The van der Waals surface area contributed by atoms with Gasteiger partial charge in [-0.2, -0.15) is 0 Å². The van der Waals surface area contributed by atoms with Gasteiger partial charge in [0.05, 0.1) is 6.61 Å². The Morgan fingerprint density at radius 2 is 2.09 bits per heavy atom. The van der Waals surface area contributed by atoms with E-state index in [1.54, 1.807) is 18.3 Å². The summed E-state index contributed by atoms with van der Waals surface area (Å²) in [7, 11) is 0. The highest BCUT2D eigenvalue weighted by Gasteiger charge is 2.59. The van der Waals surface area contributed by atoms with Gasteiger partial charge in [-0.05, 0) is 42.5 Å². The lowest BCUT2D eigenvalue weighted by Gasteiger charge is -2.07. The minimum absolute atomic E-state index is 0.285. The Morgan fingerprint density at radius 1 is 1.32 bits per heavy atom. The third kappa shape index (κ3) is 2.98. The summed E-state index contributed by atoms with van der Waals surface area (Å²) in [6, 6.07) is 12.2. The van der Waals surface area contributed by atoms with Crippen LogP contribution in [-0.4, -0.2) is 18.7 Å². The first-order valence-corrected chi connectivity index (χ1v) is 8.18. The van der Waals surface area contributed by atoms with E-state index in [-0.39, 0.29) is 5.97 Å². The van der Waals surface area contributed by atoms with Gasteiger partial charge in [-0.3, -0.25) is 0 Å². The Kier molecular flexibility index (Phi) is 4.14. The molecule has 1 aliphatic heterocycles. The number of esters is 1. The highest BCUT2D eigenvalue weighted by Crippen LogP contribution is 2.46. The van der Waals surface area contributed by atoms with Gasteiger partial charge in [0.15, 0.2) is 6.10 Å². The van der Waals surface area contributed by atoms with Crippen LogP contribution in [0.25, 0.3) is 12.2 Å². The molecule has 1 aromatic carbocycles. The van der Waals surface area contributed by atoms with Crippen LogP contribution in [0.5, 0.6) is 0 Å². The molecule has 0 bridgehead atoms. The van der Waals surface area contributed by atoms with Crippen LogP contribution in [0, 0.1) is 0 Å². The Morgan fingerprint density at radius 3 is 2.73 bits per heavy atom. The van der Waals surface area contributed by atoms with Gasteiger partial charge in [0.2, 0.25) is 0 Å². The van der Waals surface area contributed by atoms with E-state index in [0.717, 1.165) is 11.1 Å². The molecule has 2 atom stereocenters. The highest BCUT2D eigenvalue weighted by molar-refractivity contribution is 7.10. The quantitative estimate of drug-likeness (QED) is 0.616. The number of carbonyl (C=O) groups is 1. The standard InChI is InChI=1S/C18H18O3S/c1-3-20-17(19)16-18(2,21-16)14-9-6-13(7-10-14)8-11-15-5-4-12-22-15/h4-12,16H,3H2,1-2H3. The summed E-state index contributed by atoms with van der Waals surface area (Å²) < 4.78 is 10.6. The summed E-state index contributed by atoms with van der Waals surface area (Å²) in [5.41, 5.74) is 1.57. The normalized spacial score (nSPS) is 23.6. The van der Waals surface area contributed by atoms with Crippen LogP contribution in [0.2, 0.25) is 0 Å². The predicted octanol–water partition coefficient (Wildman–Crippen LogP) is 4.10. The van der Waals surface area contributed by atoms with Gasteiger partial charge >= 0.3 is 5.97 Å². The van der Waals surface area contributed by atoms with E-state index in [1.165, 1.54) is 4.88 Å². The number of rotatable bonds is 5. The minimum Gasteiger partial charge on any atom is -0.464 e. The number of thiophene rings is 1. The fraction of sp³-hybridized carbons (Fsp3) is 0.278. The molecule has 114 valence electrons. The molecule has 2 heterocycles. The van der Waals surface area contributed by atoms with E-state index in [1.807, 2.05) is 37.3 Å². The third-order valence-electron chi connectivity index (χ3n) is 3.77. The maximum Gasteiger partial charge on any atom is 0.338 e. The van der Waals surface area contributed by atoms with Crippen molar-refractivity contribution in [1.82, 2.24) is 0 Å². The first-order valence-electron chi connectivity index (χ1n) is 7.30. The van der Waals surface area contributed by atoms with Crippen molar-refractivity contribution in [3.63, 3.8) is 0 Å². The van der Waals surface area contributed by atoms with E-state index >= 15 is 0 Å². The van der Waals surface area contributed by atoms with E-state index in [9.17, 15) is 4.79 Å². The first kappa shape index (κ1) is 15.0. The van der Waals surface area contributed by atoms with Gasteiger partial charge in [-0.25, -0.2) is 4.79 Å². The molecule has 0 radical (unpaired) electrons. The van der Waals surface area contributed by atoms with E-state index in [2.05, 4.69) is 23.6 Å². The molecule has 0 saturated carbocycles. The van der Waals surface area contributed by atoms with Gasteiger partial charge in [0.1, 0.15) is 5.60 Å². The zero-order chi connectivity index (χ0) is 15.6. The molecule has 0 spiro atoms. The van der Waals surface area contributed by atoms with Gasteiger partial charge in [0.25, 0.3) is 0 Å². The summed E-state index contributed by atoms with van der Waals surface area (Å²) in [4.78, 5) is 13.0. The van der Waals surface area contributed by atoms with Gasteiger partial charge in [-0.1, -0.05) is 36.4 Å². The topological polar surface area (TPSA) is 38.8 Å². The van der Waals surface area contributed by atoms with Crippen LogP contribution in [0.3, 0.4) is 0 Å². The fourth-order valence-corrected chi connectivity index (χ4v) is 3.03. The van der Waals surface area contributed by atoms with Crippen molar-refractivity contribution < 1.29 is 14.3 Å². The molecule has 3 nitrogen and oxygen atoms in total. The Hall–Kier alpha value is -1.91. The number of carbonyl (C=O) groups excluding carboxylic acids is 1. The Bertz CT molecular complexity index is 673. The number of benzene rings is 1. The molecule has 0 aliphatic carbocycles. The third-order valence-corrected chi connectivity index (χ3v) is 4.61. The number of ether oxygens (including phenoxy) is 2. The number of epoxide rings is 1. The maximum atomic E-state index is 11.7. The van der Waals surface area contributed by atoms with Gasteiger partial charge < -0.3 is 9.47 Å². The molecule has 0 amide bonds. The zero-order valence-electron chi connectivity index (χ0n) is 12.6. The van der Waals surface area contributed by atoms with Crippen molar-refractivity contribution in [1.29, 1.82) is 0 Å². The van der Waals surface area contributed by atoms with Crippen LogP contribution in [0.1, 0.15) is 29.9 Å². The average molecular weight is 314 g/mol. The van der Waals surface area contributed by atoms with Crippen LogP contribution >= 0.6 is 11.3 Å². The Labute approximate surface area is 134 Å².